The van der Waals surface area contributed by atoms with Crippen LogP contribution < -0.4 is 10.6 Å². The van der Waals surface area contributed by atoms with Crippen LogP contribution in [0.15, 0.2) is 23.4 Å². The molecule has 1 aromatic rings. The number of carboxylic acids is 1. The van der Waals surface area contributed by atoms with Crippen LogP contribution in [0, 0.1) is 0 Å². The molecule has 2 heterocycles. The highest BCUT2D eigenvalue weighted by molar-refractivity contribution is 8.00. The zero-order valence-corrected chi connectivity index (χ0v) is 15.6. The molecule has 0 saturated carbocycles. The zero-order chi connectivity index (χ0) is 20.6. The number of carboxylic acid groups (broad SMARTS) is 1. The number of phenolic OH excluding ortho intramolecular Hbond substituents is 2. The fourth-order valence-electron chi connectivity index (χ4n) is 3.08. The lowest BCUT2D eigenvalue weighted by Crippen LogP contribution is -2.67. The number of benzene rings is 1. The summed E-state index contributed by atoms with van der Waals surface area (Å²) in [4.78, 5) is 37.0. The molecule has 2 aliphatic rings. The van der Waals surface area contributed by atoms with E-state index in [4.69, 9.17) is 5.11 Å². The third kappa shape index (κ3) is 3.34. The number of phenols is 2. The first kappa shape index (κ1) is 19.8. The number of fused-ring (bicyclic) bond motifs is 1. The number of nitrogens with one attached hydrogen (secondary N) is 2. The molecule has 28 heavy (non-hydrogen) atoms. The van der Waals surface area contributed by atoms with Crippen LogP contribution in [0.3, 0.4) is 0 Å². The van der Waals surface area contributed by atoms with Gasteiger partial charge in [0.2, 0.25) is 0 Å². The van der Waals surface area contributed by atoms with Gasteiger partial charge in [-0.1, -0.05) is 0 Å². The summed E-state index contributed by atoms with van der Waals surface area (Å²) in [5, 5.41) is 43.0. The summed E-state index contributed by atoms with van der Waals surface area (Å²) in [7, 11) is 0. The maximum absolute atomic E-state index is 12.5. The van der Waals surface area contributed by atoms with E-state index >= 15 is 0 Å². The summed E-state index contributed by atoms with van der Waals surface area (Å²) >= 11 is 1.39. The van der Waals surface area contributed by atoms with Crippen LogP contribution >= 0.6 is 11.8 Å². The van der Waals surface area contributed by atoms with Gasteiger partial charge in [-0.25, -0.2) is 4.79 Å². The summed E-state index contributed by atoms with van der Waals surface area (Å²) in [6.45, 7) is 1.37. The highest BCUT2D eigenvalue weighted by atomic mass is 32.2. The molecular weight excluding hydrogens is 390 g/mol. The largest absolute Gasteiger partial charge is 0.507 e. The number of rotatable bonds is 6. The topological polar surface area (TPSA) is 159 Å². The SMILES string of the molecule is CC1=C(C(=O)O)N2C(=O)C(Nc3cc(O)c(C(=O)NCCO)cc3O)C2SC1. The normalized spacial score (nSPS) is 21.1. The number of carbonyl (C=O) groups is 3. The highest BCUT2D eigenvalue weighted by Crippen LogP contribution is 2.42. The van der Waals surface area contributed by atoms with Crippen molar-refractivity contribution >= 4 is 35.2 Å². The molecular formula is C17H19N3O7S. The molecule has 0 radical (unpaired) electrons. The number of thioether (sulfide) groups is 1. The van der Waals surface area contributed by atoms with Crippen molar-refractivity contribution in [1.29, 1.82) is 0 Å². The second-order valence-electron chi connectivity index (χ2n) is 6.33. The number of anilines is 1. The van der Waals surface area contributed by atoms with Crippen molar-refractivity contribution in [2.45, 2.75) is 18.3 Å². The van der Waals surface area contributed by atoms with E-state index in [1.165, 1.54) is 16.7 Å². The lowest BCUT2D eigenvalue weighted by molar-refractivity contribution is -0.147. The van der Waals surface area contributed by atoms with Gasteiger partial charge in [0, 0.05) is 18.4 Å². The van der Waals surface area contributed by atoms with Gasteiger partial charge in [-0.2, -0.15) is 0 Å². The van der Waals surface area contributed by atoms with Gasteiger partial charge in [-0.15, -0.1) is 11.8 Å². The lowest BCUT2D eigenvalue weighted by Gasteiger charge is -2.49. The molecule has 1 saturated heterocycles. The number of aliphatic hydroxyl groups excluding tert-OH is 1. The number of nitrogens with zero attached hydrogens (tertiary/aromatic N) is 1. The van der Waals surface area contributed by atoms with Crippen molar-refractivity contribution in [2.24, 2.45) is 0 Å². The maximum atomic E-state index is 12.5. The Bertz CT molecular complexity index is 886. The predicted molar refractivity (Wildman–Crippen MR) is 100 cm³/mol. The van der Waals surface area contributed by atoms with Gasteiger partial charge in [0.15, 0.2) is 0 Å². The standard InChI is InChI=1S/C17H19N3O7S/c1-7-6-28-16-12(15(25)20(16)13(7)17(26)27)19-9-5-10(22)8(4-11(9)23)14(24)18-2-3-21/h4-5,12,16,19,21-23H,2-3,6H2,1H3,(H,18,24)(H,26,27). The fourth-order valence-corrected chi connectivity index (χ4v) is 4.37. The Hall–Kier alpha value is -2.92. The summed E-state index contributed by atoms with van der Waals surface area (Å²) in [6, 6.07) is 1.38. The third-order valence-corrected chi connectivity index (χ3v) is 5.85. The average Bonchev–Trinajstić information content (AvgIpc) is 2.65. The van der Waals surface area contributed by atoms with Crippen LogP contribution in [-0.2, 0) is 9.59 Å². The number of carbonyl (C=O) groups excluding carboxylic acids is 2. The fraction of sp³-hybridized carbons (Fsp3) is 0.353. The minimum atomic E-state index is -1.17. The Balaban J connectivity index is 1.79. The van der Waals surface area contributed by atoms with E-state index in [1.807, 2.05) is 0 Å². The van der Waals surface area contributed by atoms with E-state index < -0.39 is 34.9 Å². The predicted octanol–water partition coefficient (Wildman–Crippen LogP) is -0.126. The van der Waals surface area contributed by atoms with Crippen LogP contribution in [0.25, 0.3) is 0 Å². The van der Waals surface area contributed by atoms with E-state index in [2.05, 4.69) is 10.6 Å². The molecule has 0 spiro atoms. The molecule has 150 valence electrons. The number of hydrogen-bond donors (Lipinski definition) is 6. The monoisotopic (exact) mass is 409 g/mol. The Morgan fingerprint density at radius 1 is 1.29 bits per heavy atom. The number of amides is 2. The van der Waals surface area contributed by atoms with E-state index in [1.54, 1.807) is 6.92 Å². The van der Waals surface area contributed by atoms with Crippen LogP contribution in [-0.4, -0.2) is 73.4 Å². The smallest absolute Gasteiger partial charge is 0.352 e. The highest BCUT2D eigenvalue weighted by Gasteiger charge is 2.53. The molecule has 2 aliphatic heterocycles. The quantitative estimate of drug-likeness (QED) is 0.214. The maximum Gasteiger partial charge on any atom is 0.352 e. The van der Waals surface area contributed by atoms with Crippen molar-refractivity contribution in [3.8, 4) is 11.5 Å². The van der Waals surface area contributed by atoms with Crippen LogP contribution in [0.2, 0.25) is 0 Å². The molecule has 3 rings (SSSR count). The molecule has 0 aromatic heterocycles. The van der Waals surface area contributed by atoms with Gasteiger partial charge < -0.3 is 31.1 Å². The second kappa shape index (κ2) is 7.60. The van der Waals surface area contributed by atoms with Crippen LogP contribution in [0.1, 0.15) is 17.3 Å². The molecule has 2 unspecified atom stereocenters. The second-order valence-corrected chi connectivity index (χ2v) is 7.44. The Morgan fingerprint density at radius 3 is 2.64 bits per heavy atom. The van der Waals surface area contributed by atoms with Crippen molar-refractivity contribution in [3.05, 3.63) is 29.0 Å². The van der Waals surface area contributed by atoms with Crippen molar-refractivity contribution in [2.75, 3.05) is 24.2 Å². The van der Waals surface area contributed by atoms with E-state index in [0.717, 1.165) is 12.1 Å². The van der Waals surface area contributed by atoms with Crippen LogP contribution in [0.5, 0.6) is 11.5 Å². The summed E-state index contributed by atoms with van der Waals surface area (Å²) < 4.78 is 0. The van der Waals surface area contributed by atoms with Gasteiger partial charge in [0.05, 0.1) is 17.9 Å². The molecule has 11 heteroatoms. The first-order valence-corrected chi connectivity index (χ1v) is 9.40. The van der Waals surface area contributed by atoms with E-state index in [0.29, 0.717) is 11.3 Å². The number of aliphatic hydroxyl groups is 1. The Labute approximate surface area is 163 Å². The Morgan fingerprint density at radius 2 is 2.00 bits per heavy atom. The molecule has 2 atom stereocenters. The van der Waals surface area contributed by atoms with Gasteiger partial charge in [0.1, 0.15) is 28.6 Å². The molecule has 0 bridgehead atoms. The third-order valence-electron chi connectivity index (χ3n) is 4.43. The minimum absolute atomic E-state index is 0.0107. The minimum Gasteiger partial charge on any atom is -0.507 e. The van der Waals surface area contributed by atoms with Crippen LogP contribution in [0.4, 0.5) is 5.69 Å². The molecule has 6 N–H and O–H groups in total. The van der Waals surface area contributed by atoms with Crippen molar-refractivity contribution < 1.29 is 34.8 Å². The molecule has 1 fully saturated rings. The zero-order valence-electron chi connectivity index (χ0n) is 14.8. The average molecular weight is 409 g/mol. The van der Waals surface area contributed by atoms with Gasteiger partial charge in [0.25, 0.3) is 11.8 Å². The van der Waals surface area contributed by atoms with E-state index in [9.17, 15) is 29.7 Å². The number of aromatic hydroxyl groups is 2. The van der Waals surface area contributed by atoms with E-state index in [-0.39, 0.29) is 35.8 Å². The molecule has 10 nitrogen and oxygen atoms in total. The van der Waals surface area contributed by atoms with Gasteiger partial charge in [-0.05, 0) is 18.6 Å². The first-order chi connectivity index (χ1) is 13.3. The molecule has 1 aromatic carbocycles. The number of aliphatic carboxylic acids is 1. The molecule has 2 amide bonds. The lowest BCUT2D eigenvalue weighted by atomic mass is 10.0. The summed E-state index contributed by atoms with van der Waals surface area (Å²) in [6.07, 6.45) is 0. The first-order valence-electron chi connectivity index (χ1n) is 8.35. The van der Waals surface area contributed by atoms with Gasteiger partial charge in [-0.3, -0.25) is 14.5 Å². The van der Waals surface area contributed by atoms with Crippen molar-refractivity contribution in [1.82, 2.24) is 10.2 Å². The molecule has 0 aliphatic carbocycles. The Kier molecular flexibility index (Phi) is 5.38. The number of hydrogen-bond acceptors (Lipinski definition) is 8. The van der Waals surface area contributed by atoms with Crippen molar-refractivity contribution in [3.63, 3.8) is 0 Å². The summed E-state index contributed by atoms with van der Waals surface area (Å²) in [5.74, 6) is -2.63. The summed E-state index contributed by atoms with van der Waals surface area (Å²) in [5.41, 5.74) is 0.420. The van der Waals surface area contributed by atoms with Gasteiger partial charge >= 0.3 is 5.97 Å². The number of β-lactam (4-membered cyclic amide) rings is 1.